The molecule has 2 aromatic carbocycles. The summed E-state index contributed by atoms with van der Waals surface area (Å²) in [5.41, 5.74) is 2.84. The Labute approximate surface area is 169 Å². The molecule has 3 aromatic rings. The highest BCUT2D eigenvalue weighted by Gasteiger charge is 2.24. The van der Waals surface area contributed by atoms with Crippen LogP contribution in [0.2, 0.25) is 0 Å². The molecule has 6 nitrogen and oxygen atoms in total. The van der Waals surface area contributed by atoms with Crippen molar-refractivity contribution in [3.8, 4) is 23.1 Å². The molecule has 0 N–H and O–H groups in total. The van der Waals surface area contributed by atoms with Crippen LogP contribution in [0.25, 0.3) is 0 Å². The SMILES string of the molecule is COc1cc2c(cc1OC)CN(C(=O)c1cccc(Oc3ccccn3)c1)CC2. The summed E-state index contributed by atoms with van der Waals surface area (Å²) in [7, 11) is 3.24. The van der Waals surface area contributed by atoms with Crippen molar-refractivity contribution in [3.63, 3.8) is 0 Å². The molecule has 2 heterocycles. The monoisotopic (exact) mass is 390 g/mol. The van der Waals surface area contributed by atoms with Gasteiger partial charge in [0.05, 0.1) is 14.2 Å². The van der Waals surface area contributed by atoms with Crippen molar-refractivity contribution < 1.29 is 19.0 Å². The van der Waals surface area contributed by atoms with Crippen LogP contribution in [0.3, 0.4) is 0 Å². The number of rotatable bonds is 5. The van der Waals surface area contributed by atoms with E-state index in [0.717, 1.165) is 12.0 Å². The first-order valence-corrected chi connectivity index (χ1v) is 9.40. The number of nitrogens with zero attached hydrogens (tertiary/aromatic N) is 2. The van der Waals surface area contributed by atoms with Gasteiger partial charge in [0.15, 0.2) is 11.5 Å². The van der Waals surface area contributed by atoms with E-state index in [0.29, 0.717) is 41.8 Å². The number of carbonyl (C=O) groups is 1. The minimum atomic E-state index is -0.0306. The van der Waals surface area contributed by atoms with E-state index in [-0.39, 0.29) is 5.91 Å². The minimum Gasteiger partial charge on any atom is -0.493 e. The number of carbonyl (C=O) groups excluding carboxylic acids is 1. The highest BCUT2D eigenvalue weighted by atomic mass is 16.5. The molecule has 1 aliphatic rings. The zero-order valence-corrected chi connectivity index (χ0v) is 16.4. The fourth-order valence-electron chi connectivity index (χ4n) is 3.46. The van der Waals surface area contributed by atoms with E-state index in [1.807, 2.05) is 41.3 Å². The van der Waals surface area contributed by atoms with Crippen LogP contribution in [0, 0.1) is 0 Å². The molecule has 148 valence electrons. The third kappa shape index (κ3) is 4.01. The standard InChI is InChI=1S/C23H22N2O4/c1-27-20-13-16-9-11-25(15-18(16)14-21(20)28-2)23(26)17-6-5-7-19(12-17)29-22-8-3-4-10-24-22/h3-8,10,12-14H,9,11,15H2,1-2H3. The number of amides is 1. The summed E-state index contributed by atoms with van der Waals surface area (Å²) in [4.78, 5) is 19.1. The molecule has 0 unspecified atom stereocenters. The maximum absolute atomic E-state index is 13.1. The Kier molecular flexibility index (Phi) is 5.33. The molecule has 0 atom stereocenters. The van der Waals surface area contributed by atoms with E-state index in [1.54, 1.807) is 38.6 Å². The van der Waals surface area contributed by atoms with Gasteiger partial charge in [-0.05, 0) is 53.9 Å². The lowest BCUT2D eigenvalue weighted by molar-refractivity contribution is 0.0734. The molecule has 0 bridgehead atoms. The Morgan fingerprint density at radius 2 is 1.76 bits per heavy atom. The Balaban J connectivity index is 1.53. The number of benzene rings is 2. The van der Waals surface area contributed by atoms with Crippen molar-refractivity contribution in [3.05, 3.63) is 77.5 Å². The van der Waals surface area contributed by atoms with Crippen molar-refractivity contribution in [1.29, 1.82) is 0 Å². The molecule has 6 heteroatoms. The quantitative estimate of drug-likeness (QED) is 0.657. The number of aromatic nitrogens is 1. The lowest BCUT2D eigenvalue weighted by Crippen LogP contribution is -2.36. The molecule has 0 aliphatic carbocycles. The van der Waals surface area contributed by atoms with Crippen molar-refractivity contribution in [1.82, 2.24) is 9.88 Å². The first-order valence-electron chi connectivity index (χ1n) is 9.40. The Morgan fingerprint density at radius 3 is 2.48 bits per heavy atom. The molecule has 29 heavy (non-hydrogen) atoms. The van der Waals surface area contributed by atoms with Gasteiger partial charge in [0.2, 0.25) is 5.88 Å². The van der Waals surface area contributed by atoms with E-state index in [2.05, 4.69) is 4.98 Å². The molecule has 0 fully saturated rings. The van der Waals surface area contributed by atoms with Crippen LogP contribution in [0.5, 0.6) is 23.1 Å². The molecule has 0 saturated carbocycles. The van der Waals surface area contributed by atoms with Gasteiger partial charge >= 0.3 is 0 Å². The van der Waals surface area contributed by atoms with Crippen molar-refractivity contribution >= 4 is 5.91 Å². The average Bonchev–Trinajstić information content (AvgIpc) is 2.78. The molecule has 0 saturated heterocycles. The average molecular weight is 390 g/mol. The lowest BCUT2D eigenvalue weighted by atomic mass is 9.98. The number of methoxy groups -OCH3 is 2. The first-order chi connectivity index (χ1) is 14.2. The van der Waals surface area contributed by atoms with Crippen LogP contribution >= 0.6 is 0 Å². The summed E-state index contributed by atoms with van der Waals surface area (Å²) < 4.78 is 16.5. The van der Waals surface area contributed by atoms with Crippen LogP contribution in [-0.4, -0.2) is 36.6 Å². The van der Waals surface area contributed by atoms with Crippen molar-refractivity contribution in [2.24, 2.45) is 0 Å². The molecule has 0 spiro atoms. The van der Waals surface area contributed by atoms with Gasteiger partial charge in [-0.25, -0.2) is 4.98 Å². The molecule has 1 amide bonds. The summed E-state index contributed by atoms with van der Waals surface area (Å²) in [5, 5.41) is 0. The van der Waals surface area contributed by atoms with Crippen LogP contribution in [0.1, 0.15) is 21.5 Å². The summed E-state index contributed by atoms with van der Waals surface area (Å²) in [6.07, 6.45) is 2.43. The number of hydrogen-bond donors (Lipinski definition) is 0. The van der Waals surface area contributed by atoms with E-state index in [9.17, 15) is 4.79 Å². The Bertz CT molecular complexity index is 1020. The molecule has 0 radical (unpaired) electrons. The maximum Gasteiger partial charge on any atom is 0.254 e. The molecular weight excluding hydrogens is 368 g/mol. The van der Waals surface area contributed by atoms with Crippen molar-refractivity contribution in [2.75, 3.05) is 20.8 Å². The van der Waals surface area contributed by atoms with Gasteiger partial charge in [0, 0.05) is 30.9 Å². The third-order valence-corrected chi connectivity index (χ3v) is 4.95. The zero-order valence-electron chi connectivity index (χ0n) is 16.4. The van der Waals surface area contributed by atoms with E-state index >= 15 is 0 Å². The third-order valence-electron chi connectivity index (χ3n) is 4.95. The van der Waals surface area contributed by atoms with Crippen LogP contribution in [0.4, 0.5) is 0 Å². The minimum absolute atomic E-state index is 0.0306. The Morgan fingerprint density at radius 1 is 0.966 bits per heavy atom. The van der Waals surface area contributed by atoms with Crippen LogP contribution in [-0.2, 0) is 13.0 Å². The second-order valence-electron chi connectivity index (χ2n) is 6.75. The van der Waals surface area contributed by atoms with E-state index < -0.39 is 0 Å². The number of hydrogen-bond acceptors (Lipinski definition) is 5. The van der Waals surface area contributed by atoms with Gasteiger partial charge in [-0.15, -0.1) is 0 Å². The van der Waals surface area contributed by atoms with Gasteiger partial charge in [0.1, 0.15) is 5.75 Å². The van der Waals surface area contributed by atoms with Crippen molar-refractivity contribution in [2.45, 2.75) is 13.0 Å². The second-order valence-corrected chi connectivity index (χ2v) is 6.75. The fourth-order valence-corrected chi connectivity index (χ4v) is 3.46. The summed E-state index contributed by atoms with van der Waals surface area (Å²) in [6, 6.07) is 16.6. The lowest BCUT2D eigenvalue weighted by Gasteiger charge is -2.29. The predicted molar refractivity (Wildman–Crippen MR) is 109 cm³/mol. The smallest absolute Gasteiger partial charge is 0.254 e. The van der Waals surface area contributed by atoms with E-state index in [4.69, 9.17) is 14.2 Å². The first kappa shape index (κ1) is 18.8. The largest absolute Gasteiger partial charge is 0.493 e. The normalized spacial score (nSPS) is 12.8. The predicted octanol–water partition coefficient (Wildman–Crippen LogP) is 4.09. The summed E-state index contributed by atoms with van der Waals surface area (Å²) in [5.74, 6) is 2.43. The second kappa shape index (κ2) is 8.22. The van der Waals surface area contributed by atoms with Gasteiger partial charge in [-0.2, -0.15) is 0 Å². The highest BCUT2D eigenvalue weighted by Crippen LogP contribution is 2.33. The van der Waals surface area contributed by atoms with Crippen LogP contribution in [0.15, 0.2) is 60.8 Å². The zero-order chi connectivity index (χ0) is 20.2. The van der Waals surface area contributed by atoms with Gasteiger partial charge < -0.3 is 19.1 Å². The van der Waals surface area contributed by atoms with E-state index in [1.165, 1.54) is 5.56 Å². The van der Waals surface area contributed by atoms with Gasteiger partial charge in [0.25, 0.3) is 5.91 Å². The fraction of sp³-hybridized carbons (Fsp3) is 0.217. The van der Waals surface area contributed by atoms with Gasteiger partial charge in [-0.3, -0.25) is 4.79 Å². The molecule has 4 rings (SSSR count). The number of fused-ring (bicyclic) bond motifs is 1. The van der Waals surface area contributed by atoms with Crippen LogP contribution < -0.4 is 14.2 Å². The molecule has 1 aliphatic heterocycles. The highest BCUT2D eigenvalue weighted by molar-refractivity contribution is 5.94. The topological polar surface area (TPSA) is 60.9 Å². The molecular formula is C23H22N2O4. The summed E-state index contributed by atoms with van der Waals surface area (Å²) in [6.45, 7) is 1.17. The number of ether oxygens (including phenoxy) is 3. The summed E-state index contributed by atoms with van der Waals surface area (Å²) >= 11 is 0. The number of pyridine rings is 1. The Hall–Kier alpha value is -3.54. The maximum atomic E-state index is 13.1. The van der Waals surface area contributed by atoms with Gasteiger partial charge in [-0.1, -0.05) is 12.1 Å². The molecule has 1 aromatic heterocycles.